The Balaban J connectivity index is 2.05. The smallest absolute Gasteiger partial charge is 0.322 e. The molecule has 0 bridgehead atoms. The van der Waals surface area contributed by atoms with E-state index in [9.17, 15) is 14.0 Å². The summed E-state index contributed by atoms with van der Waals surface area (Å²) in [5.74, 6) is -0.937. The van der Waals surface area contributed by atoms with E-state index in [2.05, 4.69) is 10.6 Å². The lowest BCUT2D eigenvalue weighted by Crippen LogP contribution is -2.52. The minimum absolute atomic E-state index is 0.0771. The van der Waals surface area contributed by atoms with Crippen molar-refractivity contribution in [3.8, 4) is 0 Å². The van der Waals surface area contributed by atoms with Crippen LogP contribution in [-0.4, -0.2) is 42.5 Å². The Labute approximate surface area is 122 Å². The molecule has 1 unspecified atom stereocenters. The van der Waals surface area contributed by atoms with Crippen LogP contribution in [0.15, 0.2) is 24.3 Å². The van der Waals surface area contributed by atoms with Crippen molar-refractivity contribution < 1.29 is 14.0 Å². The van der Waals surface area contributed by atoms with E-state index in [1.807, 2.05) is 0 Å². The van der Waals surface area contributed by atoms with E-state index in [1.54, 1.807) is 0 Å². The summed E-state index contributed by atoms with van der Waals surface area (Å²) in [5, 5.41) is 5.85. The molecular formula is C14H19FN4O2. The molecule has 1 heterocycles. The Morgan fingerprint density at radius 1 is 1.38 bits per heavy atom. The number of urea groups is 1. The second-order valence-corrected chi connectivity index (χ2v) is 5.03. The highest BCUT2D eigenvalue weighted by atomic mass is 19.1. The third-order valence-corrected chi connectivity index (χ3v) is 3.39. The molecule has 114 valence electrons. The standard InChI is InChI=1S/C14H19FN4O2/c15-10-3-5-11(6-4-10)18-14(21)19(9-13(16)20)12-2-1-7-17-8-12/h3-6,12,17H,1-2,7-9H2,(H2,16,20)(H,18,21). The van der Waals surface area contributed by atoms with Gasteiger partial charge >= 0.3 is 6.03 Å². The number of amides is 3. The lowest BCUT2D eigenvalue weighted by molar-refractivity contribution is -0.119. The second-order valence-electron chi connectivity index (χ2n) is 5.03. The fourth-order valence-electron chi connectivity index (χ4n) is 2.36. The zero-order valence-corrected chi connectivity index (χ0v) is 11.6. The van der Waals surface area contributed by atoms with Gasteiger partial charge in [0.15, 0.2) is 0 Å². The highest BCUT2D eigenvalue weighted by Gasteiger charge is 2.26. The number of nitrogens with one attached hydrogen (secondary N) is 2. The van der Waals surface area contributed by atoms with Crippen molar-refractivity contribution in [1.29, 1.82) is 0 Å². The maximum absolute atomic E-state index is 12.9. The number of piperidine rings is 1. The van der Waals surface area contributed by atoms with E-state index in [0.29, 0.717) is 12.2 Å². The summed E-state index contributed by atoms with van der Waals surface area (Å²) in [5.41, 5.74) is 5.69. The van der Waals surface area contributed by atoms with Crippen LogP contribution in [0.3, 0.4) is 0 Å². The number of anilines is 1. The second kappa shape index (κ2) is 7.03. The summed E-state index contributed by atoms with van der Waals surface area (Å²) in [7, 11) is 0. The first-order valence-electron chi connectivity index (χ1n) is 6.88. The summed E-state index contributed by atoms with van der Waals surface area (Å²) in [4.78, 5) is 24.9. The molecule has 0 saturated carbocycles. The van der Waals surface area contributed by atoms with E-state index in [1.165, 1.54) is 29.2 Å². The Hall–Kier alpha value is -2.15. The van der Waals surface area contributed by atoms with Crippen molar-refractivity contribution in [2.75, 3.05) is 25.0 Å². The van der Waals surface area contributed by atoms with Gasteiger partial charge in [-0.3, -0.25) is 4.79 Å². The van der Waals surface area contributed by atoms with Crippen molar-refractivity contribution in [2.45, 2.75) is 18.9 Å². The third-order valence-electron chi connectivity index (χ3n) is 3.39. The third kappa shape index (κ3) is 4.42. The number of carbonyl (C=O) groups is 2. The predicted molar refractivity (Wildman–Crippen MR) is 77.2 cm³/mol. The summed E-state index contributed by atoms with van der Waals surface area (Å²) in [6, 6.07) is 4.97. The van der Waals surface area contributed by atoms with Crippen molar-refractivity contribution in [3.63, 3.8) is 0 Å². The van der Waals surface area contributed by atoms with Gasteiger partial charge in [-0.1, -0.05) is 0 Å². The van der Waals surface area contributed by atoms with Crippen molar-refractivity contribution in [2.24, 2.45) is 5.73 Å². The van der Waals surface area contributed by atoms with Crippen molar-refractivity contribution in [1.82, 2.24) is 10.2 Å². The average molecular weight is 294 g/mol. The van der Waals surface area contributed by atoms with Gasteiger partial charge in [0.2, 0.25) is 5.91 Å². The van der Waals surface area contributed by atoms with Gasteiger partial charge in [-0.05, 0) is 43.7 Å². The first kappa shape index (κ1) is 15.2. The number of hydrogen-bond donors (Lipinski definition) is 3. The maximum atomic E-state index is 12.9. The lowest BCUT2D eigenvalue weighted by Gasteiger charge is -2.33. The largest absolute Gasteiger partial charge is 0.368 e. The fourth-order valence-corrected chi connectivity index (χ4v) is 2.36. The van der Waals surface area contributed by atoms with Crippen LogP contribution in [0.4, 0.5) is 14.9 Å². The van der Waals surface area contributed by atoms with E-state index >= 15 is 0 Å². The van der Waals surface area contributed by atoms with Crippen molar-refractivity contribution >= 4 is 17.6 Å². The molecule has 21 heavy (non-hydrogen) atoms. The van der Waals surface area contributed by atoms with Crippen LogP contribution in [0, 0.1) is 5.82 Å². The minimum atomic E-state index is -0.560. The number of nitrogens with two attached hydrogens (primary N) is 1. The van der Waals surface area contributed by atoms with Crippen LogP contribution in [0.2, 0.25) is 0 Å². The van der Waals surface area contributed by atoms with Crippen LogP contribution >= 0.6 is 0 Å². The van der Waals surface area contributed by atoms with Crippen LogP contribution < -0.4 is 16.4 Å². The van der Waals surface area contributed by atoms with Gasteiger partial charge in [0.25, 0.3) is 0 Å². The molecule has 0 aliphatic carbocycles. The predicted octanol–water partition coefficient (Wildman–Crippen LogP) is 0.897. The molecule has 1 aromatic rings. The normalized spacial score (nSPS) is 18.0. The summed E-state index contributed by atoms with van der Waals surface area (Å²) in [6.45, 7) is 1.39. The number of primary amides is 1. The molecular weight excluding hydrogens is 275 g/mol. The topological polar surface area (TPSA) is 87.5 Å². The van der Waals surface area contributed by atoms with Gasteiger partial charge in [0.1, 0.15) is 12.4 Å². The van der Waals surface area contributed by atoms with Gasteiger partial charge in [-0.2, -0.15) is 0 Å². The van der Waals surface area contributed by atoms with Gasteiger partial charge in [-0.15, -0.1) is 0 Å². The number of rotatable bonds is 4. The average Bonchev–Trinajstić information content (AvgIpc) is 2.48. The first-order chi connectivity index (χ1) is 10.1. The quantitative estimate of drug-likeness (QED) is 0.771. The molecule has 2 rings (SSSR count). The van der Waals surface area contributed by atoms with Crippen LogP contribution in [0.1, 0.15) is 12.8 Å². The van der Waals surface area contributed by atoms with E-state index in [-0.39, 0.29) is 18.4 Å². The molecule has 0 radical (unpaired) electrons. The molecule has 0 aromatic heterocycles. The molecule has 3 amide bonds. The molecule has 1 atom stereocenters. The molecule has 1 aliphatic rings. The zero-order valence-electron chi connectivity index (χ0n) is 11.6. The fraction of sp³-hybridized carbons (Fsp3) is 0.429. The van der Waals surface area contributed by atoms with E-state index < -0.39 is 11.9 Å². The molecule has 7 heteroatoms. The summed E-state index contributed by atoms with van der Waals surface area (Å²) >= 11 is 0. The van der Waals surface area contributed by atoms with Gasteiger partial charge in [-0.25, -0.2) is 9.18 Å². The van der Waals surface area contributed by atoms with Crippen LogP contribution in [0.25, 0.3) is 0 Å². The minimum Gasteiger partial charge on any atom is -0.368 e. The Morgan fingerprint density at radius 2 is 2.10 bits per heavy atom. The number of nitrogens with zero attached hydrogens (tertiary/aromatic N) is 1. The van der Waals surface area contributed by atoms with E-state index in [4.69, 9.17) is 5.73 Å². The number of hydrogen-bond acceptors (Lipinski definition) is 3. The Morgan fingerprint density at radius 3 is 2.67 bits per heavy atom. The van der Waals surface area contributed by atoms with Crippen molar-refractivity contribution in [3.05, 3.63) is 30.1 Å². The lowest BCUT2D eigenvalue weighted by atomic mass is 10.1. The zero-order chi connectivity index (χ0) is 15.2. The van der Waals surface area contributed by atoms with E-state index in [0.717, 1.165) is 19.4 Å². The molecule has 1 saturated heterocycles. The molecule has 4 N–H and O–H groups in total. The van der Waals surface area contributed by atoms with Gasteiger partial charge in [0.05, 0.1) is 0 Å². The maximum Gasteiger partial charge on any atom is 0.322 e. The van der Waals surface area contributed by atoms with Crippen LogP contribution in [0.5, 0.6) is 0 Å². The first-order valence-corrected chi connectivity index (χ1v) is 6.88. The summed E-state index contributed by atoms with van der Waals surface area (Å²) < 4.78 is 12.9. The number of benzene rings is 1. The molecule has 1 aromatic carbocycles. The molecule has 0 spiro atoms. The Kier molecular flexibility index (Phi) is 5.10. The van der Waals surface area contributed by atoms with Crippen LogP contribution in [-0.2, 0) is 4.79 Å². The number of carbonyl (C=O) groups excluding carboxylic acids is 2. The number of halogens is 1. The Bertz CT molecular complexity index is 500. The SMILES string of the molecule is NC(=O)CN(C(=O)Nc1ccc(F)cc1)C1CCCNC1. The highest BCUT2D eigenvalue weighted by molar-refractivity contribution is 5.92. The molecule has 1 fully saturated rings. The van der Waals surface area contributed by atoms with Gasteiger partial charge in [0, 0.05) is 18.3 Å². The monoisotopic (exact) mass is 294 g/mol. The summed E-state index contributed by atoms with van der Waals surface area (Å²) in [6.07, 6.45) is 1.75. The molecule has 1 aliphatic heterocycles. The highest BCUT2D eigenvalue weighted by Crippen LogP contribution is 2.14. The molecule has 6 nitrogen and oxygen atoms in total. The van der Waals surface area contributed by atoms with Gasteiger partial charge < -0.3 is 21.3 Å².